The molecule has 16 heteroatoms. The first-order chi connectivity index (χ1) is 19.5. The zero-order valence-electron chi connectivity index (χ0n) is 23.7. The van der Waals surface area contributed by atoms with Crippen LogP contribution in [-0.2, 0) is 35.5 Å². The molecule has 42 heavy (non-hydrogen) atoms. The molecule has 0 aliphatic carbocycles. The van der Waals surface area contributed by atoms with Crippen molar-refractivity contribution in [1.82, 2.24) is 29.3 Å². The minimum atomic E-state index is -0.546. The van der Waals surface area contributed by atoms with Crippen molar-refractivity contribution in [2.45, 2.75) is 26.2 Å². The second-order valence-corrected chi connectivity index (χ2v) is 9.31. The molecule has 3 rings (SSSR count). The van der Waals surface area contributed by atoms with E-state index in [-0.39, 0.29) is 101 Å². The quantitative estimate of drug-likeness (QED) is 0.0901. The van der Waals surface area contributed by atoms with E-state index in [2.05, 4.69) is 31.6 Å². The number of carbonyl (C=O) groups excluding carboxylic acids is 6. The third-order valence-electron chi connectivity index (χ3n) is 5.90. The maximum Gasteiger partial charge on any atom is 0.291 e. The zero-order chi connectivity index (χ0) is 30.1. The molecule has 0 aliphatic rings. The van der Waals surface area contributed by atoms with E-state index in [1.807, 2.05) is 0 Å². The molecular formula is C26H32N9O6Th-. The molecule has 222 valence electrons. The number of anilines is 3. The molecule has 5 amide bonds. The smallest absolute Gasteiger partial charge is 0.291 e. The summed E-state index contributed by atoms with van der Waals surface area (Å²) in [6.07, 6.45) is 6.86. The van der Waals surface area contributed by atoms with Crippen LogP contribution in [0.25, 0.3) is 0 Å². The van der Waals surface area contributed by atoms with Gasteiger partial charge in [-0.15, -0.1) is 0 Å². The third kappa shape index (κ3) is 9.60. The topological polar surface area (TPSA) is 190 Å². The van der Waals surface area contributed by atoms with E-state index >= 15 is 0 Å². The molecule has 0 saturated carbocycles. The number of carbonyl (C=O) groups is 5. The largest absolute Gasteiger partial charge is 0.489 e. The number of rotatable bonds is 14. The van der Waals surface area contributed by atoms with Crippen LogP contribution in [0.4, 0.5) is 17.2 Å². The fourth-order valence-corrected chi connectivity index (χ4v) is 3.89. The van der Waals surface area contributed by atoms with Crippen molar-refractivity contribution in [1.29, 1.82) is 0 Å². The van der Waals surface area contributed by atoms with E-state index in [1.54, 1.807) is 49.1 Å². The van der Waals surface area contributed by atoms with Crippen LogP contribution in [0.5, 0.6) is 0 Å². The predicted molar refractivity (Wildman–Crippen MR) is 149 cm³/mol. The Kier molecular flexibility index (Phi) is 13.0. The van der Waals surface area contributed by atoms with Gasteiger partial charge in [0.15, 0.2) is 5.82 Å². The number of imidazole rings is 1. The number of amides is 5. The molecule has 3 heterocycles. The average molecular weight is 799 g/mol. The van der Waals surface area contributed by atoms with Crippen molar-refractivity contribution in [2.24, 2.45) is 21.1 Å². The summed E-state index contributed by atoms with van der Waals surface area (Å²) in [6.45, 7) is 1.90. The van der Waals surface area contributed by atoms with Crippen LogP contribution >= 0.6 is 0 Å². The van der Waals surface area contributed by atoms with E-state index in [0.717, 1.165) is 0 Å². The van der Waals surface area contributed by atoms with E-state index in [0.29, 0.717) is 29.2 Å². The number of nitrogens with zero attached hydrogens (tertiary/aromatic N) is 4. The van der Waals surface area contributed by atoms with Gasteiger partial charge in [-0.2, -0.15) is 0 Å². The van der Waals surface area contributed by atoms with Gasteiger partial charge in [-0.3, -0.25) is 24.0 Å². The number of nitrogens with one attached hydrogen (secondary N) is 5. The second kappa shape index (κ2) is 15.9. The molecule has 0 unspecified atom stereocenters. The molecule has 3 aromatic rings. The summed E-state index contributed by atoms with van der Waals surface area (Å²) in [4.78, 5) is 75.6. The van der Waals surface area contributed by atoms with Crippen molar-refractivity contribution in [3.8, 4) is 0 Å². The van der Waals surface area contributed by atoms with Crippen LogP contribution in [-0.4, -0.2) is 67.6 Å². The average Bonchev–Trinajstić information content (AvgIpc) is 3.57. The summed E-state index contributed by atoms with van der Waals surface area (Å²) in [5.74, 6) is -1.45. The van der Waals surface area contributed by atoms with Crippen molar-refractivity contribution in [3.63, 3.8) is 0 Å². The molecule has 0 atom stereocenters. The van der Waals surface area contributed by atoms with Gasteiger partial charge in [0.1, 0.15) is 11.5 Å². The van der Waals surface area contributed by atoms with Crippen LogP contribution in [0.15, 0.2) is 30.7 Å². The van der Waals surface area contributed by atoms with Gasteiger partial charge in [-0.05, 0) is 19.4 Å². The Hall–Kier alpha value is -3.89. The number of hydrogen-bond donors (Lipinski definition) is 5. The molecule has 15 nitrogen and oxygen atoms in total. The molecular weight excluding hydrogens is 766 g/mol. The van der Waals surface area contributed by atoms with Gasteiger partial charge in [0.05, 0.1) is 17.8 Å². The van der Waals surface area contributed by atoms with E-state index in [1.165, 1.54) is 29.8 Å². The second-order valence-electron chi connectivity index (χ2n) is 9.31. The van der Waals surface area contributed by atoms with Crippen molar-refractivity contribution >= 4 is 53.0 Å². The summed E-state index contributed by atoms with van der Waals surface area (Å²) in [7, 11) is 4.92. The first-order valence-electron chi connectivity index (χ1n) is 12.6. The minimum Gasteiger partial charge on any atom is -0.489 e. The summed E-state index contributed by atoms with van der Waals surface area (Å²) >= 11 is 0. The summed E-state index contributed by atoms with van der Waals surface area (Å²) in [5, 5.41) is 13.0. The molecule has 5 N–H and O–H groups in total. The Morgan fingerprint density at radius 2 is 1.38 bits per heavy atom. The van der Waals surface area contributed by atoms with Gasteiger partial charge in [-0.25, -0.2) is 4.98 Å². The van der Waals surface area contributed by atoms with Gasteiger partial charge >= 0.3 is 0 Å². The zero-order valence-corrected chi connectivity index (χ0v) is 27.8. The number of aromatic nitrogens is 4. The normalized spacial score (nSPS) is 10.3. The minimum absolute atomic E-state index is 0. The van der Waals surface area contributed by atoms with Crippen molar-refractivity contribution in [3.05, 3.63) is 47.9 Å². The van der Waals surface area contributed by atoms with Gasteiger partial charge in [0, 0.05) is 99.4 Å². The van der Waals surface area contributed by atoms with Crippen molar-refractivity contribution in [2.75, 3.05) is 29.0 Å². The maximum absolute atomic E-state index is 12.8. The van der Waals surface area contributed by atoms with Crippen LogP contribution in [0.2, 0.25) is 0 Å². The molecule has 0 aliphatic heterocycles. The molecule has 0 bridgehead atoms. The standard InChI is InChI=1S/C26H32N9O6.Th/c1-16(37)7-9-28-25(40)20-11-18(13-34(20)3)30-26(41)23-32-21(14-35(23)4)31-22(38)6-5-8-27-24(39)19-10-17(29-15-36)12-33(19)2;/h10-14H,5-9H2,1-4H3,(H,27,39)(H,28,40)(H,29,36)(H,30,41)(H,31,38);/q-1;. The van der Waals surface area contributed by atoms with Gasteiger partial charge in [-0.1, -0.05) is 18.0 Å². The maximum atomic E-state index is 12.8. The van der Waals surface area contributed by atoms with Gasteiger partial charge < -0.3 is 45.1 Å². The fourth-order valence-electron chi connectivity index (χ4n) is 3.89. The number of ketones is 1. The Morgan fingerprint density at radius 3 is 2.00 bits per heavy atom. The number of Topliss-reactive ketones (excluding diaryl/α,β-unsaturated/α-hetero) is 1. The molecule has 0 aromatic carbocycles. The summed E-state index contributed by atoms with van der Waals surface area (Å²) in [6, 6.07) is 3.01. The summed E-state index contributed by atoms with van der Waals surface area (Å²) < 4.78 is 4.56. The molecule has 0 radical (unpaired) electrons. The van der Waals surface area contributed by atoms with E-state index < -0.39 is 5.91 Å². The van der Waals surface area contributed by atoms with Crippen molar-refractivity contribution < 1.29 is 68.7 Å². The molecule has 0 spiro atoms. The molecule has 0 fully saturated rings. The Bertz CT molecular complexity index is 1470. The van der Waals surface area contributed by atoms with Crippen LogP contribution in [0.1, 0.15) is 57.8 Å². The summed E-state index contributed by atoms with van der Waals surface area (Å²) in [5.41, 5.74) is 1.45. The van der Waals surface area contributed by atoms with Gasteiger partial charge in [0.2, 0.25) is 11.7 Å². The SMILES string of the molecule is CC(=O)CCNC(=O)c1cc(NC(=O)c2nc(NC(=O)CCCNC(=O)c3cc(N[C-]=O)cn3C)cn2C)cn1C.[Th]. The number of aryl methyl sites for hydroxylation is 3. The van der Waals surface area contributed by atoms with E-state index in [4.69, 9.17) is 0 Å². The third-order valence-corrected chi connectivity index (χ3v) is 5.90. The predicted octanol–water partition coefficient (Wildman–Crippen LogP) is 0.686. The van der Waals surface area contributed by atoms with Crippen LogP contribution in [0.3, 0.4) is 0 Å². The molecule has 3 aromatic heterocycles. The fraction of sp³-hybridized carbons (Fsp3) is 0.346. The molecule has 0 saturated heterocycles. The van der Waals surface area contributed by atoms with E-state index in [9.17, 15) is 28.8 Å². The number of hydrogen-bond acceptors (Lipinski definition) is 7. The van der Waals surface area contributed by atoms with Gasteiger partial charge in [0.25, 0.3) is 17.7 Å². The monoisotopic (exact) mass is 798 g/mol. The Morgan fingerprint density at radius 1 is 0.786 bits per heavy atom. The Balaban J connectivity index is 0.00000616. The first-order valence-corrected chi connectivity index (χ1v) is 12.6. The van der Waals surface area contributed by atoms with Crippen LogP contribution < -0.4 is 26.6 Å². The van der Waals surface area contributed by atoms with Crippen LogP contribution in [0, 0.1) is 39.9 Å². The Labute approximate surface area is 273 Å². The first kappa shape index (κ1) is 34.3.